The summed E-state index contributed by atoms with van der Waals surface area (Å²) in [5, 5.41) is 13.1. The van der Waals surface area contributed by atoms with E-state index in [2.05, 4.69) is 5.10 Å². The second kappa shape index (κ2) is 4.72. The first-order valence-electron chi connectivity index (χ1n) is 5.35. The van der Waals surface area contributed by atoms with Crippen molar-refractivity contribution in [3.63, 3.8) is 0 Å². The van der Waals surface area contributed by atoms with Crippen molar-refractivity contribution in [1.82, 2.24) is 9.78 Å². The maximum Gasteiger partial charge on any atom is 0.289 e. The van der Waals surface area contributed by atoms with Gasteiger partial charge in [-0.1, -0.05) is 0 Å². The molecule has 0 radical (unpaired) electrons. The number of aryl methyl sites for hydroxylation is 2. The highest BCUT2D eigenvalue weighted by molar-refractivity contribution is 6.02. The van der Waals surface area contributed by atoms with Crippen LogP contribution in [0.5, 0.6) is 0 Å². The van der Waals surface area contributed by atoms with Gasteiger partial charge in [0.05, 0.1) is 12.0 Å². The second-order valence-corrected chi connectivity index (χ2v) is 3.83. The molecule has 2 aromatic rings. The lowest BCUT2D eigenvalue weighted by atomic mass is 10.2. The van der Waals surface area contributed by atoms with Crippen LogP contribution in [0.15, 0.2) is 34.5 Å². The van der Waals surface area contributed by atoms with Crippen LogP contribution < -0.4 is 0 Å². The largest absolute Gasteiger partial charge is 0.465 e. The molecule has 0 spiro atoms. The SMILES string of the molecule is Cc1cc(C)n(C(=O)/C(C#N)=C/c2ccco2)n1. The van der Waals surface area contributed by atoms with Crippen molar-refractivity contribution in [2.75, 3.05) is 0 Å². The third kappa shape index (κ3) is 2.23. The van der Waals surface area contributed by atoms with E-state index in [1.165, 1.54) is 17.0 Å². The van der Waals surface area contributed by atoms with Gasteiger partial charge in [0.25, 0.3) is 5.91 Å². The summed E-state index contributed by atoms with van der Waals surface area (Å²) >= 11 is 0. The van der Waals surface area contributed by atoms with Crippen molar-refractivity contribution in [2.24, 2.45) is 0 Å². The van der Waals surface area contributed by atoms with Crippen molar-refractivity contribution in [3.8, 4) is 6.07 Å². The highest BCUT2D eigenvalue weighted by Gasteiger charge is 2.15. The molecule has 0 aliphatic carbocycles. The number of furan rings is 1. The molecule has 0 aromatic carbocycles. The molecule has 2 aromatic heterocycles. The fourth-order valence-electron chi connectivity index (χ4n) is 1.61. The minimum Gasteiger partial charge on any atom is -0.465 e. The molecule has 0 saturated heterocycles. The zero-order valence-electron chi connectivity index (χ0n) is 10.0. The van der Waals surface area contributed by atoms with E-state index in [4.69, 9.17) is 9.68 Å². The molecule has 0 unspecified atom stereocenters. The number of hydrogen-bond acceptors (Lipinski definition) is 4. The Morgan fingerprint density at radius 2 is 2.33 bits per heavy atom. The summed E-state index contributed by atoms with van der Waals surface area (Å²) in [6.45, 7) is 3.55. The monoisotopic (exact) mass is 241 g/mol. The Morgan fingerprint density at radius 3 is 2.83 bits per heavy atom. The average molecular weight is 241 g/mol. The van der Waals surface area contributed by atoms with Gasteiger partial charge in [-0.3, -0.25) is 4.79 Å². The van der Waals surface area contributed by atoms with Gasteiger partial charge < -0.3 is 4.42 Å². The molecule has 0 bridgehead atoms. The van der Waals surface area contributed by atoms with Gasteiger partial charge in [0.15, 0.2) is 0 Å². The lowest BCUT2D eigenvalue weighted by Gasteiger charge is -2.00. The lowest BCUT2D eigenvalue weighted by molar-refractivity contribution is 0.0943. The Hall–Kier alpha value is -2.61. The number of rotatable bonds is 2. The predicted octanol–water partition coefficient (Wildman–Crippen LogP) is 2.34. The Bertz CT molecular complexity index is 642. The van der Waals surface area contributed by atoms with E-state index in [1.807, 2.05) is 6.07 Å². The summed E-state index contributed by atoms with van der Waals surface area (Å²) in [6.07, 6.45) is 2.88. The van der Waals surface area contributed by atoms with Gasteiger partial charge in [0, 0.05) is 11.8 Å². The normalized spacial score (nSPS) is 11.3. The van der Waals surface area contributed by atoms with Gasteiger partial charge >= 0.3 is 0 Å². The summed E-state index contributed by atoms with van der Waals surface area (Å²) in [5.74, 6) is 0.000862. The quantitative estimate of drug-likeness (QED) is 0.597. The topological polar surface area (TPSA) is 71.8 Å². The van der Waals surface area contributed by atoms with E-state index in [9.17, 15) is 4.79 Å². The van der Waals surface area contributed by atoms with E-state index >= 15 is 0 Å². The number of nitriles is 1. The summed E-state index contributed by atoms with van der Waals surface area (Å²) in [5.41, 5.74) is 1.41. The summed E-state index contributed by atoms with van der Waals surface area (Å²) in [4.78, 5) is 12.1. The highest BCUT2D eigenvalue weighted by atomic mass is 16.3. The third-order valence-corrected chi connectivity index (χ3v) is 2.38. The molecule has 5 nitrogen and oxygen atoms in total. The van der Waals surface area contributed by atoms with Crippen molar-refractivity contribution in [1.29, 1.82) is 5.26 Å². The summed E-state index contributed by atoms with van der Waals surface area (Å²) in [6, 6.07) is 7.00. The number of allylic oxidation sites excluding steroid dienone is 1. The van der Waals surface area contributed by atoms with Gasteiger partial charge in [0.2, 0.25) is 0 Å². The summed E-state index contributed by atoms with van der Waals surface area (Å²) < 4.78 is 6.29. The molecule has 0 atom stereocenters. The first kappa shape index (κ1) is 11.9. The van der Waals surface area contributed by atoms with E-state index < -0.39 is 5.91 Å². The summed E-state index contributed by atoms with van der Waals surface area (Å²) in [7, 11) is 0. The molecular formula is C13H11N3O2. The van der Waals surface area contributed by atoms with Crippen LogP contribution >= 0.6 is 0 Å². The zero-order chi connectivity index (χ0) is 13.1. The molecule has 0 aliphatic heterocycles. The van der Waals surface area contributed by atoms with Crippen LogP contribution in [0.1, 0.15) is 21.9 Å². The standard InChI is InChI=1S/C13H11N3O2/c1-9-6-10(2)16(15-9)13(17)11(8-14)7-12-4-3-5-18-12/h3-7H,1-2H3/b11-7+. The van der Waals surface area contributed by atoms with Gasteiger partial charge in [-0.25, -0.2) is 4.68 Å². The molecule has 18 heavy (non-hydrogen) atoms. The average Bonchev–Trinajstić information content (AvgIpc) is 2.95. The Balaban J connectivity index is 2.38. The first-order chi connectivity index (χ1) is 8.61. The number of hydrogen-bond donors (Lipinski definition) is 0. The molecular weight excluding hydrogens is 230 g/mol. The van der Waals surface area contributed by atoms with Gasteiger partial charge in [-0.05, 0) is 32.0 Å². The van der Waals surface area contributed by atoms with Crippen LogP contribution in [-0.4, -0.2) is 15.7 Å². The van der Waals surface area contributed by atoms with Gasteiger partial charge in [-0.2, -0.15) is 10.4 Å². The van der Waals surface area contributed by atoms with E-state index in [0.717, 1.165) is 5.69 Å². The van der Waals surface area contributed by atoms with Crippen molar-refractivity contribution < 1.29 is 9.21 Å². The third-order valence-electron chi connectivity index (χ3n) is 2.38. The van der Waals surface area contributed by atoms with Crippen molar-refractivity contribution in [2.45, 2.75) is 13.8 Å². The highest BCUT2D eigenvalue weighted by Crippen LogP contribution is 2.11. The fraction of sp³-hybridized carbons (Fsp3) is 0.154. The van der Waals surface area contributed by atoms with Crippen LogP contribution in [0.2, 0.25) is 0 Å². The number of carbonyl (C=O) groups is 1. The molecule has 0 saturated carbocycles. The smallest absolute Gasteiger partial charge is 0.289 e. The fourth-order valence-corrected chi connectivity index (χ4v) is 1.61. The second-order valence-electron chi connectivity index (χ2n) is 3.83. The predicted molar refractivity (Wildman–Crippen MR) is 64.6 cm³/mol. The van der Waals surface area contributed by atoms with Crippen LogP contribution in [0.25, 0.3) is 6.08 Å². The van der Waals surface area contributed by atoms with Gasteiger partial charge in [0.1, 0.15) is 17.4 Å². The molecule has 2 rings (SSSR count). The van der Waals surface area contributed by atoms with E-state index in [1.54, 1.807) is 32.0 Å². The first-order valence-corrected chi connectivity index (χ1v) is 5.35. The number of aromatic nitrogens is 2. The number of carbonyl (C=O) groups excluding carboxylic acids is 1. The van der Waals surface area contributed by atoms with Crippen LogP contribution in [0.3, 0.4) is 0 Å². The van der Waals surface area contributed by atoms with Crippen LogP contribution in [0, 0.1) is 25.2 Å². The molecule has 0 N–H and O–H groups in total. The maximum atomic E-state index is 12.1. The van der Waals surface area contributed by atoms with Crippen molar-refractivity contribution >= 4 is 12.0 Å². The Labute approximate surface area is 104 Å². The molecule has 90 valence electrons. The molecule has 0 fully saturated rings. The molecule has 2 heterocycles. The van der Waals surface area contributed by atoms with Crippen LogP contribution in [-0.2, 0) is 0 Å². The minimum absolute atomic E-state index is 0.0175. The molecule has 5 heteroatoms. The van der Waals surface area contributed by atoms with Gasteiger partial charge in [-0.15, -0.1) is 0 Å². The Kier molecular flexibility index (Phi) is 3.11. The van der Waals surface area contributed by atoms with E-state index in [0.29, 0.717) is 11.5 Å². The lowest BCUT2D eigenvalue weighted by Crippen LogP contribution is -2.15. The van der Waals surface area contributed by atoms with Crippen LogP contribution in [0.4, 0.5) is 0 Å². The van der Waals surface area contributed by atoms with E-state index in [-0.39, 0.29) is 5.57 Å². The van der Waals surface area contributed by atoms with Crippen molar-refractivity contribution in [3.05, 3.63) is 47.2 Å². The molecule has 0 aliphatic rings. The number of nitrogens with zero attached hydrogens (tertiary/aromatic N) is 3. The zero-order valence-corrected chi connectivity index (χ0v) is 10.0. The maximum absolute atomic E-state index is 12.1. The minimum atomic E-state index is -0.459. The Morgan fingerprint density at radius 1 is 1.56 bits per heavy atom. The molecule has 0 amide bonds.